The van der Waals surface area contributed by atoms with Gasteiger partial charge in [-0.2, -0.15) is 0 Å². The van der Waals surface area contributed by atoms with E-state index in [1.807, 2.05) is 36.4 Å². The van der Waals surface area contributed by atoms with E-state index in [1.54, 1.807) is 38.2 Å². The van der Waals surface area contributed by atoms with Gasteiger partial charge >= 0.3 is 0 Å². The van der Waals surface area contributed by atoms with E-state index in [9.17, 15) is 0 Å². The number of hydrogen-bond donors (Lipinski definition) is 1. The molecule has 0 amide bonds. The summed E-state index contributed by atoms with van der Waals surface area (Å²) in [6.45, 7) is 1.24. The zero-order chi connectivity index (χ0) is 20.6. The molecule has 4 rings (SSSR count). The van der Waals surface area contributed by atoms with Crippen LogP contribution in [0.3, 0.4) is 0 Å². The molecule has 0 unspecified atom stereocenters. The molecule has 0 bridgehead atoms. The lowest BCUT2D eigenvalue weighted by Gasteiger charge is -2.10. The second-order valence-corrected chi connectivity index (χ2v) is 6.33. The van der Waals surface area contributed by atoms with Crippen LogP contribution in [0.4, 0.5) is 5.95 Å². The summed E-state index contributed by atoms with van der Waals surface area (Å²) in [6.07, 6.45) is 9.07. The molecule has 0 saturated carbocycles. The fourth-order valence-electron chi connectivity index (χ4n) is 2.83. The van der Waals surface area contributed by atoms with Gasteiger partial charge in [0, 0.05) is 30.7 Å². The third-order valence-corrected chi connectivity index (χ3v) is 4.31. The van der Waals surface area contributed by atoms with E-state index in [1.165, 1.54) is 0 Å². The van der Waals surface area contributed by atoms with Gasteiger partial charge in [0.1, 0.15) is 17.2 Å². The zero-order valence-corrected chi connectivity index (χ0v) is 16.5. The van der Waals surface area contributed by atoms with E-state index in [0.29, 0.717) is 36.2 Å². The number of anilines is 1. The molecule has 3 aromatic heterocycles. The van der Waals surface area contributed by atoms with Gasteiger partial charge in [0.2, 0.25) is 5.95 Å². The van der Waals surface area contributed by atoms with Crippen molar-refractivity contribution < 1.29 is 13.9 Å². The first-order valence-corrected chi connectivity index (χ1v) is 9.51. The highest BCUT2D eigenvalue weighted by Gasteiger charge is 2.14. The van der Waals surface area contributed by atoms with Crippen molar-refractivity contribution in [3.8, 4) is 34.2 Å². The SMILES string of the molecule is COc1ccc(OCCCNc2ncc(-c3cnccn3)c(-c3ccco3)n2)cc1. The van der Waals surface area contributed by atoms with Gasteiger partial charge in [-0.15, -0.1) is 0 Å². The van der Waals surface area contributed by atoms with Crippen molar-refractivity contribution in [2.24, 2.45) is 0 Å². The highest BCUT2D eigenvalue weighted by atomic mass is 16.5. The van der Waals surface area contributed by atoms with Crippen LogP contribution in [0, 0.1) is 0 Å². The minimum atomic E-state index is 0.512. The quantitative estimate of drug-likeness (QED) is 0.418. The first kappa shape index (κ1) is 19.4. The maximum atomic E-state index is 5.74. The number of furan rings is 1. The molecule has 30 heavy (non-hydrogen) atoms. The Kier molecular flexibility index (Phi) is 6.14. The number of aromatic nitrogens is 4. The predicted octanol–water partition coefficient (Wildman–Crippen LogP) is 4.08. The minimum absolute atomic E-state index is 0.512. The molecule has 3 heterocycles. The van der Waals surface area contributed by atoms with Crippen LogP contribution in [0.25, 0.3) is 22.7 Å². The van der Waals surface area contributed by atoms with Gasteiger partial charge in [-0.05, 0) is 42.8 Å². The Labute approximate surface area is 174 Å². The van der Waals surface area contributed by atoms with Crippen molar-refractivity contribution >= 4 is 5.95 Å². The number of rotatable bonds is 9. The van der Waals surface area contributed by atoms with Crippen LogP contribution in [0.5, 0.6) is 11.5 Å². The fourth-order valence-corrected chi connectivity index (χ4v) is 2.83. The van der Waals surface area contributed by atoms with Gasteiger partial charge in [0.05, 0.1) is 31.9 Å². The lowest BCUT2D eigenvalue weighted by Crippen LogP contribution is -2.10. The third kappa shape index (κ3) is 4.72. The molecule has 1 N–H and O–H groups in total. The molecule has 1 aromatic carbocycles. The summed E-state index contributed by atoms with van der Waals surface area (Å²) in [6, 6.07) is 11.2. The van der Waals surface area contributed by atoms with Crippen molar-refractivity contribution in [3.05, 3.63) is 67.4 Å². The molecule has 8 heteroatoms. The van der Waals surface area contributed by atoms with Gasteiger partial charge in [0.25, 0.3) is 0 Å². The van der Waals surface area contributed by atoms with E-state index < -0.39 is 0 Å². The Balaban J connectivity index is 1.38. The van der Waals surface area contributed by atoms with Gasteiger partial charge in [-0.3, -0.25) is 9.97 Å². The predicted molar refractivity (Wildman–Crippen MR) is 112 cm³/mol. The summed E-state index contributed by atoms with van der Waals surface area (Å²) in [5.41, 5.74) is 2.10. The van der Waals surface area contributed by atoms with Gasteiger partial charge in [-0.25, -0.2) is 9.97 Å². The van der Waals surface area contributed by atoms with Crippen LogP contribution in [0.2, 0.25) is 0 Å². The summed E-state index contributed by atoms with van der Waals surface area (Å²) >= 11 is 0. The summed E-state index contributed by atoms with van der Waals surface area (Å²) in [4.78, 5) is 17.5. The molecule has 0 saturated heterocycles. The molecule has 0 radical (unpaired) electrons. The molecular formula is C22H21N5O3. The van der Waals surface area contributed by atoms with Crippen LogP contribution in [0.15, 0.2) is 71.9 Å². The second-order valence-electron chi connectivity index (χ2n) is 6.33. The molecule has 4 aromatic rings. The van der Waals surface area contributed by atoms with E-state index in [2.05, 4.69) is 25.3 Å². The lowest BCUT2D eigenvalue weighted by atomic mass is 10.1. The molecule has 152 valence electrons. The number of benzene rings is 1. The summed E-state index contributed by atoms with van der Waals surface area (Å²) < 4.78 is 16.4. The standard InChI is InChI=1S/C22H21N5O3/c1-28-16-5-7-17(8-6-16)29-13-3-9-25-22-26-14-18(19-15-23-10-11-24-19)21(27-22)20-4-2-12-30-20/h2,4-8,10-12,14-15H,3,9,13H2,1H3,(H,25,26,27). The zero-order valence-electron chi connectivity index (χ0n) is 16.5. The van der Waals surface area contributed by atoms with Crippen molar-refractivity contribution in [2.75, 3.05) is 25.6 Å². The van der Waals surface area contributed by atoms with Crippen LogP contribution >= 0.6 is 0 Å². The minimum Gasteiger partial charge on any atom is -0.497 e. The largest absolute Gasteiger partial charge is 0.497 e. The number of nitrogens with zero attached hydrogens (tertiary/aromatic N) is 4. The maximum Gasteiger partial charge on any atom is 0.223 e. The monoisotopic (exact) mass is 403 g/mol. The summed E-state index contributed by atoms with van der Waals surface area (Å²) in [7, 11) is 1.64. The fraction of sp³-hybridized carbons (Fsp3) is 0.182. The number of ether oxygens (including phenoxy) is 2. The Morgan fingerprint density at radius 3 is 2.60 bits per heavy atom. The molecular weight excluding hydrogens is 382 g/mol. The summed E-state index contributed by atoms with van der Waals surface area (Å²) in [5, 5.41) is 3.23. The van der Waals surface area contributed by atoms with Gasteiger partial charge in [0.15, 0.2) is 5.76 Å². The highest BCUT2D eigenvalue weighted by Crippen LogP contribution is 2.29. The normalized spacial score (nSPS) is 10.6. The Hall–Kier alpha value is -3.94. The van der Waals surface area contributed by atoms with E-state index in [4.69, 9.17) is 13.9 Å². The number of methoxy groups -OCH3 is 1. The number of nitrogens with one attached hydrogen (secondary N) is 1. The Morgan fingerprint density at radius 1 is 1.00 bits per heavy atom. The molecule has 0 aliphatic heterocycles. The number of hydrogen-bond acceptors (Lipinski definition) is 8. The molecule has 0 spiro atoms. The van der Waals surface area contributed by atoms with E-state index >= 15 is 0 Å². The second kappa shape index (κ2) is 9.51. The molecule has 0 atom stereocenters. The van der Waals surface area contributed by atoms with Crippen LogP contribution in [0.1, 0.15) is 6.42 Å². The smallest absolute Gasteiger partial charge is 0.223 e. The molecule has 8 nitrogen and oxygen atoms in total. The van der Waals surface area contributed by atoms with Crippen LogP contribution < -0.4 is 14.8 Å². The van der Waals surface area contributed by atoms with Crippen molar-refractivity contribution in [2.45, 2.75) is 6.42 Å². The van der Waals surface area contributed by atoms with Crippen molar-refractivity contribution in [1.29, 1.82) is 0 Å². The highest BCUT2D eigenvalue weighted by molar-refractivity contribution is 5.76. The average Bonchev–Trinajstić information content (AvgIpc) is 3.35. The van der Waals surface area contributed by atoms with Crippen LogP contribution in [-0.4, -0.2) is 40.2 Å². The van der Waals surface area contributed by atoms with Gasteiger partial charge < -0.3 is 19.2 Å². The lowest BCUT2D eigenvalue weighted by molar-refractivity contribution is 0.314. The Morgan fingerprint density at radius 2 is 1.87 bits per heavy atom. The maximum absolute atomic E-state index is 5.74. The third-order valence-electron chi connectivity index (χ3n) is 4.31. The van der Waals surface area contributed by atoms with E-state index in [-0.39, 0.29) is 0 Å². The van der Waals surface area contributed by atoms with Gasteiger partial charge in [-0.1, -0.05) is 0 Å². The first-order chi connectivity index (χ1) is 14.8. The van der Waals surface area contributed by atoms with Crippen molar-refractivity contribution in [1.82, 2.24) is 19.9 Å². The average molecular weight is 403 g/mol. The molecule has 0 fully saturated rings. The van der Waals surface area contributed by atoms with Crippen molar-refractivity contribution in [3.63, 3.8) is 0 Å². The topological polar surface area (TPSA) is 95.2 Å². The van der Waals surface area contributed by atoms with E-state index in [0.717, 1.165) is 23.5 Å². The summed E-state index contributed by atoms with van der Waals surface area (Å²) in [5.74, 6) is 2.77. The van der Waals surface area contributed by atoms with Crippen LogP contribution in [-0.2, 0) is 0 Å². The Bertz CT molecular complexity index is 1050. The first-order valence-electron chi connectivity index (χ1n) is 9.51. The molecule has 0 aliphatic rings. The molecule has 0 aliphatic carbocycles.